The Bertz CT molecular complexity index is 116. The van der Waals surface area contributed by atoms with Gasteiger partial charge in [-0.2, -0.15) is 0 Å². The summed E-state index contributed by atoms with van der Waals surface area (Å²) < 4.78 is 0. The molecule has 0 atom stereocenters. The van der Waals surface area contributed by atoms with Crippen LogP contribution in [0.15, 0.2) is 11.6 Å². The third-order valence-corrected chi connectivity index (χ3v) is 2.70. The zero-order chi connectivity index (χ0) is 7.40. The summed E-state index contributed by atoms with van der Waals surface area (Å²) in [5, 5.41) is 0. The molecule has 0 aromatic carbocycles. The Labute approximate surface area is 64.3 Å². The van der Waals surface area contributed by atoms with Gasteiger partial charge in [0.1, 0.15) is 0 Å². The van der Waals surface area contributed by atoms with E-state index in [0.29, 0.717) is 0 Å². The van der Waals surface area contributed by atoms with E-state index in [-0.39, 0.29) is 0 Å². The van der Waals surface area contributed by atoms with Gasteiger partial charge in [0.2, 0.25) is 0 Å². The summed E-state index contributed by atoms with van der Waals surface area (Å²) in [4.78, 5) is 0. The Kier molecular flexibility index (Phi) is 2.98. The van der Waals surface area contributed by atoms with E-state index in [4.69, 9.17) is 0 Å². The Hall–Kier alpha value is -0.260. The molecule has 0 saturated heterocycles. The van der Waals surface area contributed by atoms with Crippen LogP contribution in [0.2, 0.25) is 0 Å². The maximum absolute atomic E-state index is 2.27. The Morgan fingerprint density at radius 3 is 2.30 bits per heavy atom. The first kappa shape index (κ1) is 7.84. The van der Waals surface area contributed by atoms with Crippen LogP contribution in [0.3, 0.4) is 0 Å². The van der Waals surface area contributed by atoms with Crippen LogP contribution in [-0.4, -0.2) is 0 Å². The Balaban J connectivity index is 2.39. The topological polar surface area (TPSA) is 0 Å². The number of hydrogen-bond acceptors (Lipinski definition) is 0. The highest BCUT2D eigenvalue weighted by Gasteiger charge is 2.13. The van der Waals surface area contributed by atoms with Crippen molar-refractivity contribution < 1.29 is 0 Å². The van der Waals surface area contributed by atoms with Gasteiger partial charge in [-0.25, -0.2) is 0 Å². The van der Waals surface area contributed by atoms with Crippen molar-refractivity contribution in [2.24, 2.45) is 5.92 Å². The first-order valence-corrected chi connectivity index (χ1v) is 4.47. The molecular weight excluding hydrogens is 120 g/mol. The third-order valence-electron chi connectivity index (χ3n) is 2.70. The highest BCUT2D eigenvalue weighted by molar-refractivity contribution is 5.02. The van der Waals surface area contributed by atoms with Gasteiger partial charge < -0.3 is 0 Å². The van der Waals surface area contributed by atoms with E-state index in [1.807, 2.05) is 0 Å². The minimum absolute atomic E-state index is 0.929. The monoisotopic (exact) mass is 138 g/mol. The first-order valence-electron chi connectivity index (χ1n) is 4.47. The van der Waals surface area contributed by atoms with Crippen LogP contribution in [0, 0.1) is 5.92 Å². The predicted octanol–water partition coefficient (Wildman–Crippen LogP) is 3.53. The fourth-order valence-electron chi connectivity index (χ4n) is 1.79. The fourth-order valence-corrected chi connectivity index (χ4v) is 1.79. The van der Waals surface area contributed by atoms with Crippen LogP contribution < -0.4 is 0 Å². The van der Waals surface area contributed by atoms with Gasteiger partial charge in [0, 0.05) is 0 Å². The van der Waals surface area contributed by atoms with Crippen molar-refractivity contribution in [3.05, 3.63) is 11.6 Å². The molecular formula is C10H18. The number of allylic oxidation sites excluding steroid dienone is 2. The molecule has 1 fully saturated rings. The van der Waals surface area contributed by atoms with Crippen LogP contribution in [0.5, 0.6) is 0 Å². The maximum atomic E-state index is 2.27. The second-order valence-corrected chi connectivity index (χ2v) is 3.37. The minimum atomic E-state index is 0.929. The highest BCUT2D eigenvalue weighted by Crippen LogP contribution is 2.28. The smallest absolute Gasteiger partial charge is 0.0206 e. The van der Waals surface area contributed by atoms with E-state index >= 15 is 0 Å². The van der Waals surface area contributed by atoms with Gasteiger partial charge in [-0.15, -0.1) is 0 Å². The Morgan fingerprint density at radius 1 is 1.20 bits per heavy atom. The number of rotatable bonds is 1. The maximum Gasteiger partial charge on any atom is -0.0206 e. The van der Waals surface area contributed by atoms with Gasteiger partial charge in [0.05, 0.1) is 0 Å². The van der Waals surface area contributed by atoms with Crippen molar-refractivity contribution in [3.8, 4) is 0 Å². The summed E-state index contributed by atoms with van der Waals surface area (Å²) in [6.45, 7) is 4.43. The molecule has 0 radical (unpaired) electrons. The van der Waals surface area contributed by atoms with Crippen LogP contribution in [0.1, 0.15) is 46.0 Å². The lowest BCUT2D eigenvalue weighted by molar-refractivity contribution is 0.402. The summed E-state index contributed by atoms with van der Waals surface area (Å²) in [6, 6.07) is 0. The summed E-state index contributed by atoms with van der Waals surface area (Å²) >= 11 is 0. The molecule has 1 aliphatic rings. The third kappa shape index (κ3) is 1.86. The molecule has 0 nitrogen and oxygen atoms in total. The van der Waals surface area contributed by atoms with Gasteiger partial charge in [0.15, 0.2) is 0 Å². The zero-order valence-electron chi connectivity index (χ0n) is 7.19. The largest absolute Gasteiger partial charge is 0.0885 e. The molecule has 0 aromatic rings. The van der Waals surface area contributed by atoms with Crippen molar-refractivity contribution in [2.75, 3.05) is 0 Å². The average Bonchev–Trinajstić information content (AvgIpc) is 2.05. The van der Waals surface area contributed by atoms with Crippen molar-refractivity contribution in [1.29, 1.82) is 0 Å². The summed E-state index contributed by atoms with van der Waals surface area (Å²) in [6.07, 6.45) is 9.53. The molecule has 0 amide bonds. The minimum Gasteiger partial charge on any atom is -0.0885 e. The van der Waals surface area contributed by atoms with Crippen molar-refractivity contribution in [1.82, 2.24) is 0 Å². The first-order chi connectivity index (χ1) is 4.84. The van der Waals surface area contributed by atoms with Crippen molar-refractivity contribution >= 4 is 0 Å². The lowest BCUT2D eigenvalue weighted by Gasteiger charge is -2.21. The molecule has 0 bridgehead atoms. The Morgan fingerprint density at radius 2 is 1.80 bits per heavy atom. The molecule has 0 aliphatic heterocycles. The predicted molar refractivity (Wildman–Crippen MR) is 46.0 cm³/mol. The summed E-state index contributed by atoms with van der Waals surface area (Å²) in [7, 11) is 0. The molecule has 0 N–H and O–H groups in total. The van der Waals surface area contributed by atoms with Gasteiger partial charge >= 0.3 is 0 Å². The van der Waals surface area contributed by atoms with E-state index in [0.717, 1.165) is 5.92 Å². The summed E-state index contributed by atoms with van der Waals surface area (Å²) in [5.74, 6) is 0.929. The quantitative estimate of drug-likeness (QED) is 0.486. The molecule has 0 spiro atoms. The second-order valence-electron chi connectivity index (χ2n) is 3.37. The van der Waals surface area contributed by atoms with E-state index in [2.05, 4.69) is 19.9 Å². The van der Waals surface area contributed by atoms with Gasteiger partial charge in [-0.3, -0.25) is 0 Å². The lowest BCUT2D eigenvalue weighted by atomic mass is 9.84. The summed E-state index contributed by atoms with van der Waals surface area (Å²) in [5.41, 5.74) is 1.61. The highest BCUT2D eigenvalue weighted by atomic mass is 14.2. The van der Waals surface area contributed by atoms with Gasteiger partial charge in [0.25, 0.3) is 0 Å². The molecule has 1 saturated carbocycles. The van der Waals surface area contributed by atoms with Crippen LogP contribution in [0.25, 0.3) is 0 Å². The molecule has 58 valence electrons. The molecule has 0 heterocycles. The van der Waals surface area contributed by atoms with Crippen LogP contribution in [-0.2, 0) is 0 Å². The standard InChI is InChI=1S/C10H18/c1-3-9(2)10-7-5-4-6-8-10/h3,10H,4-8H2,1-2H3. The van der Waals surface area contributed by atoms with Gasteiger partial charge in [-0.05, 0) is 32.6 Å². The van der Waals surface area contributed by atoms with E-state index < -0.39 is 0 Å². The van der Waals surface area contributed by atoms with E-state index in [1.54, 1.807) is 5.57 Å². The zero-order valence-corrected chi connectivity index (χ0v) is 7.19. The normalized spacial score (nSPS) is 23.2. The second kappa shape index (κ2) is 3.80. The van der Waals surface area contributed by atoms with Crippen molar-refractivity contribution in [3.63, 3.8) is 0 Å². The van der Waals surface area contributed by atoms with E-state index in [9.17, 15) is 0 Å². The lowest BCUT2D eigenvalue weighted by Crippen LogP contribution is -2.06. The van der Waals surface area contributed by atoms with Crippen LogP contribution in [0.4, 0.5) is 0 Å². The van der Waals surface area contributed by atoms with E-state index in [1.165, 1.54) is 32.1 Å². The van der Waals surface area contributed by atoms with Crippen LogP contribution >= 0.6 is 0 Å². The molecule has 0 aromatic heterocycles. The van der Waals surface area contributed by atoms with Crippen molar-refractivity contribution in [2.45, 2.75) is 46.0 Å². The molecule has 1 aliphatic carbocycles. The fraction of sp³-hybridized carbons (Fsp3) is 0.800. The molecule has 0 unspecified atom stereocenters. The molecule has 0 heteroatoms. The average molecular weight is 138 g/mol. The molecule has 1 rings (SSSR count). The molecule has 10 heavy (non-hydrogen) atoms. The van der Waals surface area contributed by atoms with Gasteiger partial charge in [-0.1, -0.05) is 30.9 Å². The SMILES string of the molecule is CC=C(C)C1CCCCC1. The number of hydrogen-bond donors (Lipinski definition) is 0.